The first-order valence-corrected chi connectivity index (χ1v) is 15.9. The highest BCUT2D eigenvalue weighted by atomic mass is 79.9. The van der Waals surface area contributed by atoms with Gasteiger partial charge in [-0.2, -0.15) is 0 Å². The molecule has 1 aromatic heterocycles. The predicted octanol–water partition coefficient (Wildman–Crippen LogP) is 9.83. The second-order valence-corrected chi connectivity index (χ2v) is 11.8. The van der Waals surface area contributed by atoms with Gasteiger partial charge in [0, 0.05) is 17.2 Å². The number of nitrogens with zero attached hydrogens (tertiary/aromatic N) is 2. The number of amides is 1. The molecule has 1 unspecified atom stereocenters. The van der Waals surface area contributed by atoms with E-state index in [4.69, 9.17) is 0 Å². The van der Waals surface area contributed by atoms with E-state index < -0.39 is 11.7 Å². The van der Waals surface area contributed by atoms with Crippen molar-refractivity contribution in [3.8, 4) is 0 Å². The molecule has 1 atom stereocenters. The van der Waals surface area contributed by atoms with Crippen molar-refractivity contribution in [3.05, 3.63) is 22.4 Å². The summed E-state index contributed by atoms with van der Waals surface area (Å²) < 4.78 is 0.808. The third kappa shape index (κ3) is 11.4. The fourth-order valence-electron chi connectivity index (χ4n) is 5.40. The van der Waals surface area contributed by atoms with E-state index in [1.807, 2.05) is 6.07 Å². The summed E-state index contributed by atoms with van der Waals surface area (Å²) >= 11 is 3.46. The Hall–Kier alpha value is -1.23. The molecular formula is C31H51BrN2O2. The summed E-state index contributed by atoms with van der Waals surface area (Å²) in [7, 11) is 0. The van der Waals surface area contributed by atoms with Crippen LogP contribution in [0.2, 0.25) is 0 Å². The van der Waals surface area contributed by atoms with Crippen molar-refractivity contribution in [2.45, 2.75) is 142 Å². The molecule has 1 aliphatic heterocycles. The van der Waals surface area contributed by atoms with Gasteiger partial charge in [0.15, 0.2) is 0 Å². The van der Waals surface area contributed by atoms with Crippen LogP contribution in [-0.4, -0.2) is 23.2 Å². The molecule has 5 heteroatoms. The van der Waals surface area contributed by atoms with E-state index in [2.05, 4.69) is 34.8 Å². The molecule has 4 nitrogen and oxygen atoms in total. The Morgan fingerprint density at radius 3 is 1.64 bits per heavy atom. The minimum atomic E-state index is -0.456. The van der Waals surface area contributed by atoms with Crippen LogP contribution < -0.4 is 4.90 Å². The smallest absolute Gasteiger partial charge is 0.301 e. The second-order valence-electron chi connectivity index (χ2n) is 10.9. The maximum Gasteiger partial charge on any atom is 0.301 e. The zero-order chi connectivity index (χ0) is 26.0. The number of hydrogen-bond donors (Lipinski definition) is 0. The highest BCUT2D eigenvalue weighted by molar-refractivity contribution is 9.10. The van der Waals surface area contributed by atoms with Crippen molar-refractivity contribution in [3.63, 3.8) is 0 Å². The third-order valence-corrected chi connectivity index (χ3v) is 8.09. The summed E-state index contributed by atoms with van der Waals surface area (Å²) in [5.41, 5.74) is 0.997. The number of pyridine rings is 1. The van der Waals surface area contributed by atoms with Gasteiger partial charge in [-0.25, -0.2) is 4.98 Å². The van der Waals surface area contributed by atoms with Gasteiger partial charge in [-0.3, -0.25) is 9.59 Å². The van der Waals surface area contributed by atoms with E-state index in [9.17, 15) is 9.59 Å². The van der Waals surface area contributed by atoms with E-state index in [1.165, 1.54) is 116 Å². The average molecular weight is 564 g/mol. The third-order valence-electron chi connectivity index (χ3n) is 7.65. The topological polar surface area (TPSA) is 50.3 Å². The highest BCUT2D eigenvalue weighted by Crippen LogP contribution is 2.32. The highest BCUT2D eigenvalue weighted by Gasteiger charge is 2.38. The molecule has 0 aliphatic carbocycles. The fourth-order valence-corrected chi connectivity index (χ4v) is 5.72. The Bertz CT molecular complexity index is 767. The molecule has 2 rings (SSSR count). The summed E-state index contributed by atoms with van der Waals surface area (Å²) in [6.45, 7) is 5.18. The van der Waals surface area contributed by atoms with Crippen LogP contribution in [0.3, 0.4) is 0 Å². The molecule has 1 amide bonds. The van der Waals surface area contributed by atoms with Gasteiger partial charge in [0.05, 0.1) is 5.69 Å². The van der Waals surface area contributed by atoms with Crippen molar-refractivity contribution >= 4 is 33.3 Å². The van der Waals surface area contributed by atoms with E-state index in [0.717, 1.165) is 17.3 Å². The lowest BCUT2D eigenvalue weighted by Gasteiger charge is -2.24. The molecule has 0 radical (unpaired) electrons. The zero-order valence-corrected chi connectivity index (χ0v) is 24.8. The molecule has 0 N–H and O–H groups in total. The lowest BCUT2D eigenvalue weighted by atomic mass is 9.93. The minimum Gasteiger partial charge on any atom is -0.303 e. The Kier molecular flexibility index (Phi) is 16.3. The fraction of sp³-hybridized carbons (Fsp3) is 0.774. The standard InChI is InChI=1S/C31H51BrN2O2/c1-3-5-7-9-11-13-14-16-18-20-22-26(21-19-17-15-12-10-8-6-4-2)25-34-28-23-27(32)24-33-29(28)30(35)31(34)36/h23-24,26H,3-22,25H2,1-2H3. The quantitative estimate of drug-likeness (QED) is 0.104. The van der Waals surface area contributed by atoms with Crippen LogP contribution in [0.5, 0.6) is 0 Å². The molecule has 0 spiro atoms. The Labute approximate surface area is 229 Å². The molecule has 0 aromatic carbocycles. The Morgan fingerprint density at radius 2 is 1.17 bits per heavy atom. The first-order chi connectivity index (χ1) is 17.6. The van der Waals surface area contributed by atoms with Gasteiger partial charge < -0.3 is 4.90 Å². The number of fused-ring (bicyclic) bond motifs is 1. The van der Waals surface area contributed by atoms with Crippen molar-refractivity contribution in [1.82, 2.24) is 4.98 Å². The Balaban J connectivity index is 1.79. The van der Waals surface area contributed by atoms with Crippen molar-refractivity contribution in [2.75, 3.05) is 11.4 Å². The number of hydrogen-bond acceptors (Lipinski definition) is 3. The number of aromatic nitrogens is 1. The van der Waals surface area contributed by atoms with Crippen LogP contribution in [0, 0.1) is 5.92 Å². The van der Waals surface area contributed by atoms with Crippen molar-refractivity contribution < 1.29 is 9.59 Å². The number of ketones is 1. The largest absolute Gasteiger partial charge is 0.303 e. The molecule has 36 heavy (non-hydrogen) atoms. The van der Waals surface area contributed by atoms with E-state index in [0.29, 0.717) is 23.8 Å². The minimum absolute atomic E-state index is 0.313. The van der Waals surface area contributed by atoms with Gasteiger partial charge in [0.2, 0.25) is 0 Å². The van der Waals surface area contributed by atoms with Crippen LogP contribution in [0.15, 0.2) is 16.7 Å². The number of carbonyl (C=O) groups is 2. The van der Waals surface area contributed by atoms with Crippen LogP contribution in [-0.2, 0) is 4.79 Å². The second kappa shape index (κ2) is 18.9. The number of halogens is 1. The summed E-state index contributed by atoms with van der Waals surface area (Å²) in [5, 5.41) is 0. The number of unbranched alkanes of at least 4 members (excludes halogenated alkanes) is 16. The summed E-state index contributed by atoms with van der Waals surface area (Å²) in [6.07, 6.45) is 27.8. The first kappa shape index (κ1) is 31.0. The number of anilines is 1. The van der Waals surface area contributed by atoms with Gasteiger partial charge in [-0.15, -0.1) is 0 Å². The molecule has 0 saturated carbocycles. The summed E-state index contributed by atoms with van der Waals surface area (Å²) in [4.78, 5) is 31.2. The molecule has 1 aromatic rings. The van der Waals surface area contributed by atoms with E-state index in [1.54, 1.807) is 11.1 Å². The number of carbonyl (C=O) groups excluding carboxylic acids is 2. The molecule has 0 saturated heterocycles. The van der Waals surface area contributed by atoms with Gasteiger partial charge >= 0.3 is 5.91 Å². The maximum absolute atomic E-state index is 12.8. The number of rotatable bonds is 22. The lowest BCUT2D eigenvalue weighted by Crippen LogP contribution is -2.34. The number of Topliss-reactive ketones (excluding diaryl/α,β-unsaturated/α-hetero) is 1. The van der Waals surface area contributed by atoms with Crippen LogP contribution in [0.4, 0.5) is 5.69 Å². The molecule has 2 heterocycles. The molecule has 1 aliphatic rings. The van der Waals surface area contributed by atoms with E-state index >= 15 is 0 Å². The molecule has 204 valence electrons. The van der Waals surface area contributed by atoms with Gasteiger partial charge in [-0.05, 0) is 40.8 Å². The van der Waals surface area contributed by atoms with Crippen molar-refractivity contribution in [2.24, 2.45) is 5.92 Å². The monoisotopic (exact) mass is 562 g/mol. The predicted molar refractivity (Wildman–Crippen MR) is 156 cm³/mol. The summed E-state index contributed by atoms with van der Waals surface area (Å²) in [5.74, 6) is -0.414. The lowest BCUT2D eigenvalue weighted by molar-refractivity contribution is -0.114. The molecular weight excluding hydrogens is 512 g/mol. The van der Waals surface area contributed by atoms with Gasteiger partial charge in [-0.1, -0.05) is 129 Å². The van der Waals surface area contributed by atoms with Crippen LogP contribution in [0.25, 0.3) is 0 Å². The average Bonchev–Trinajstić information content (AvgIpc) is 3.10. The SMILES string of the molecule is CCCCCCCCCCCCC(CCCCCCCCCC)CN1C(=O)C(=O)c2ncc(Br)cc21. The van der Waals surface area contributed by atoms with Crippen LogP contribution >= 0.6 is 15.9 Å². The zero-order valence-electron chi connectivity index (χ0n) is 23.2. The maximum atomic E-state index is 12.8. The molecule has 0 fully saturated rings. The van der Waals surface area contributed by atoms with Crippen LogP contribution in [0.1, 0.15) is 153 Å². The first-order valence-electron chi connectivity index (χ1n) is 15.1. The van der Waals surface area contributed by atoms with Crippen molar-refractivity contribution in [1.29, 1.82) is 0 Å². The normalized spacial score (nSPS) is 14.0. The van der Waals surface area contributed by atoms with Gasteiger partial charge in [0.1, 0.15) is 5.69 Å². The molecule has 0 bridgehead atoms. The Morgan fingerprint density at radius 1 is 0.722 bits per heavy atom. The van der Waals surface area contributed by atoms with Gasteiger partial charge in [0.25, 0.3) is 5.78 Å². The summed E-state index contributed by atoms with van der Waals surface area (Å²) in [6, 6.07) is 1.87. The van der Waals surface area contributed by atoms with E-state index in [-0.39, 0.29) is 0 Å².